The summed E-state index contributed by atoms with van der Waals surface area (Å²) < 4.78 is 32.7. The van der Waals surface area contributed by atoms with E-state index < -0.39 is 109 Å². The lowest BCUT2D eigenvalue weighted by Crippen LogP contribution is -2.66. The van der Waals surface area contributed by atoms with E-state index in [1.165, 1.54) is 7.11 Å². The molecule has 0 aromatic heterocycles. The van der Waals surface area contributed by atoms with Gasteiger partial charge in [0, 0.05) is 37.6 Å². The van der Waals surface area contributed by atoms with Crippen LogP contribution in [0.4, 0.5) is 4.79 Å². The molecule has 4 rings (SSSR count). The van der Waals surface area contributed by atoms with Gasteiger partial charge in [0.05, 0.1) is 52.0 Å². The molecule has 1 aliphatic heterocycles. The molecule has 24 atom stereocenters. The van der Waals surface area contributed by atoms with Crippen LogP contribution in [-0.2, 0) is 28.1 Å². The van der Waals surface area contributed by atoms with E-state index in [1.54, 1.807) is 0 Å². The fraction of sp³-hybridized carbons (Fsp3) is 0.727. The van der Waals surface area contributed by atoms with E-state index in [0.29, 0.717) is 14.4 Å². The van der Waals surface area contributed by atoms with Gasteiger partial charge in [-0.25, -0.2) is 9.59 Å². The number of carbonyl (C=O) groups is 2. The molecule has 3 aliphatic carbocycles. The maximum atomic E-state index is 13.7. The molecule has 2 fully saturated rings. The van der Waals surface area contributed by atoms with Gasteiger partial charge < -0.3 is 33.5 Å². The van der Waals surface area contributed by atoms with Crippen molar-refractivity contribution >= 4 is 198 Å². The molecule has 0 aromatic carbocycles. The van der Waals surface area contributed by atoms with Crippen molar-refractivity contribution in [2.45, 2.75) is 77.0 Å². The summed E-state index contributed by atoms with van der Waals surface area (Å²) in [6, 6.07) is 0. The molecule has 1 heterocycles. The van der Waals surface area contributed by atoms with Crippen molar-refractivity contribution in [3.05, 3.63) is 22.5 Å². The lowest BCUT2D eigenvalue weighted by Gasteiger charge is -2.60. The second-order valence-corrected chi connectivity index (χ2v) is 96.4. The minimum atomic E-state index is -1.33. The number of aliphatic hydroxyl groups is 2. The van der Waals surface area contributed by atoms with Crippen LogP contribution in [0.3, 0.4) is 0 Å². The van der Waals surface area contributed by atoms with Gasteiger partial charge in [-0.1, -0.05) is 37.7 Å². The molecule has 1 saturated carbocycles. The van der Waals surface area contributed by atoms with Crippen molar-refractivity contribution in [2.24, 2.45) is 16.7 Å². The second-order valence-electron chi connectivity index (χ2n) is 13.6. The monoisotopic (exact) mass is 1170 g/mol. The predicted molar refractivity (Wildman–Crippen MR) is 297 cm³/mol. The molecule has 310 valence electrons. The summed E-state index contributed by atoms with van der Waals surface area (Å²) in [7, 11) is 36.6. The Bertz CT molecular complexity index is 1460. The SMILES string of the molecule is COC(=O)C1=C(O)[C@H]2[C@@H]3OC(=O)O[C@]34C[C@H](OP(P)P(P(P)P)P(P(P)P)P(P)P)C(C)=C([C@H](OP(P(P)P)P(PP)P(P)P)C[C@]2(C)[C@@H](O)C1)C4(C)C. The first-order valence-corrected chi connectivity index (χ1v) is 56.1. The van der Waals surface area contributed by atoms with Crippen molar-refractivity contribution in [1.82, 2.24) is 0 Å². The third kappa shape index (κ3) is 11.2. The summed E-state index contributed by atoms with van der Waals surface area (Å²) in [5.41, 5.74) is -1.20. The molecule has 17 unspecified atom stereocenters. The van der Waals surface area contributed by atoms with Crippen LogP contribution >= 0.6 is 186 Å². The Morgan fingerprint density at radius 1 is 0.870 bits per heavy atom. The first-order valence-electron chi connectivity index (χ1n) is 15.7. The quantitative estimate of drug-likeness (QED) is 0.0995. The van der Waals surface area contributed by atoms with Gasteiger partial charge in [-0.05, 0) is 66.4 Å². The number of methoxy groups -OCH3 is 1. The van der Waals surface area contributed by atoms with E-state index in [-0.39, 0.29) is 45.1 Å². The van der Waals surface area contributed by atoms with Crippen molar-refractivity contribution in [3.63, 3.8) is 0 Å². The zero-order chi connectivity index (χ0) is 41.0. The van der Waals surface area contributed by atoms with Crippen LogP contribution in [-0.4, -0.2) is 59.5 Å². The predicted octanol–water partition coefficient (Wildman–Crippen LogP) is 15.6. The van der Waals surface area contributed by atoms with Gasteiger partial charge in [0.15, 0.2) is 11.7 Å². The van der Waals surface area contributed by atoms with Gasteiger partial charge >= 0.3 is 12.1 Å². The summed E-state index contributed by atoms with van der Waals surface area (Å²) in [4.78, 5) is 26.8. The molecule has 9 nitrogen and oxygen atoms in total. The van der Waals surface area contributed by atoms with Gasteiger partial charge in [0.1, 0.15) is 5.76 Å². The zero-order valence-electron chi connectivity index (χ0n) is 30.2. The van der Waals surface area contributed by atoms with Gasteiger partial charge in [0.25, 0.3) is 0 Å². The number of fused-ring (bicyclic) bond motifs is 3. The number of hydrogen-bond acceptors (Lipinski definition) is 9. The standard InChI is InChI=1S/C22H53O9P23/c1-9-11(30-45(33)53(49(38)39)54(50(40)41)51(42)43)8-22-17(28-19(26)29-22)15-16(24)10(18(25)27-5)6-13(23)21(15,4)7-12(14(9)20(22,2)3)31-46(47(34)35)52(44-32)48(36)37/h11-13,15,17,23-24,44H,6-8,32-43H2,1-5H3/t11-,12+,13-,15-,17-,21+,22+,45?,46?,52?,53?/m0/s1. The summed E-state index contributed by atoms with van der Waals surface area (Å²) in [5.74, 6) is -1.93. The van der Waals surface area contributed by atoms with Crippen molar-refractivity contribution in [1.29, 1.82) is 0 Å². The topological polar surface area (TPSA) is 121 Å². The number of carbonyl (C=O) groups excluding carboxylic acids is 2. The molecule has 1 saturated heterocycles. The van der Waals surface area contributed by atoms with Gasteiger partial charge in [0.2, 0.25) is 0 Å². The van der Waals surface area contributed by atoms with E-state index in [2.05, 4.69) is 128 Å². The fourth-order valence-electron chi connectivity index (χ4n) is 7.92. The lowest BCUT2D eigenvalue weighted by molar-refractivity contribution is -0.162. The molecule has 1 spiro atoms. The molecular formula is C22H53O9P23. The molecule has 0 aromatic rings. The highest BCUT2D eigenvalue weighted by molar-refractivity contribution is 9.25. The van der Waals surface area contributed by atoms with Crippen LogP contribution in [0.5, 0.6) is 0 Å². The average molecular weight is 1170 g/mol. The van der Waals surface area contributed by atoms with E-state index >= 15 is 0 Å². The highest BCUT2D eigenvalue weighted by atomic mass is 33.3. The smallest absolute Gasteiger partial charge is 0.509 e. The Morgan fingerprint density at radius 2 is 1.44 bits per heavy atom. The Hall–Kier alpha value is 7.79. The summed E-state index contributed by atoms with van der Waals surface area (Å²) in [6.45, 7) is 4.57. The minimum absolute atomic E-state index is 0.0125. The van der Waals surface area contributed by atoms with E-state index in [0.717, 1.165) is 11.1 Å². The third-order valence-corrected chi connectivity index (χ3v) is 131. The molecule has 2 N–H and O–H groups in total. The van der Waals surface area contributed by atoms with Crippen LogP contribution in [0, 0.1) is 16.7 Å². The van der Waals surface area contributed by atoms with E-state index in [4.69, 9.17) is 23.3 Å². The average Bonchev–Trinajstić information content (AvgIpc) is 3.38. The van der Waals surface area contributed by atoms with Gasteiger partial charge in [-0.15, -0.1) is 98.2 Å². The van der Waals surface area contributed by atoms with Crippen LogP contribution in [0.1, 0.15) is 47.0 Å². The largest absolute Gasteiger partial charge is 0.511 e. The third-order valence-electron chi connectivity index (χ3n) is 10.3. The number of rotatable bonds is 14. The van der Waals surface area contributed by atoms with Gasteiger partial charge in [-0.3, -0.25) is 0 Å². The van der Waals surface area contributed by atoms with E-state index in [1.807, 2.05) is 6.92 Å². The van der Waals surface area contributed by atoms with Crippen molar-refractivity contribution < 1.29 is 43.1 Å². The highest BCUT2D eigenvalue weighted by Crippen LogP contribution is 3.21. The molecule has 54 heavy (non-hydrogen) atoms. The summed E-state index contributed by atoms with van der Waals surface area (Å²) >= 11 is 0. The number of hydrogen-bond donors (Lipinski definition) is 2. The Labute approximate surface area is 361 Å². The molecule has 32 heteroatoms. The number of ether oxygens (including phenoxy) is 3. The number of esters is 1. The van der Waals surface area contributed by atoms with Crippen LogP contribution in [0.25, 0.3) is 0 Å². The lowest BCUT2D eigenvalue weighted by atomic mass is 9.49. The maximum absolute atomic E-state index is 13.7. The zero-order valence-corrected chi connectivity index (χ0v) is 54.0. The first kappa shape index (κ1) is 54.4. The highest BCUT2D eigenvalue weighted by Gasteiger charge is 2.73. The number of aliphatic hydroxyl groups excluding tert-OH is 2. The molecule has 2 bridgehead atoms. The Morgan fingerprint density at radius 3 is 1.93 bits per heavy atom. The molecule has 4 aliphatic rings. The summed E-state index contributed by atoms with van der Waals surface area (Å²) in [5, 5.41) is 24.4. The van der Waals surface area contributed by atoms with Crippen LogP contribution < -0.4 is 0 Å². The van der Waals surface area contributed by atoms with Crippen LogP contribution in [0.15, 0.2) is 22.5 Å². The molecule has 0 radical (unpaired) electrons. The van der Waals surface area contributed by atoms with Crippen LogP contribution in [0.2, 0.25) is 0 Å². The summed E-state index contributed by atoms with van der Waals surface area (Å²) in [6.07, 6.45) is -3.41. The first-order chi connectivity index (χ1) is 24.9. The maximum Gasteiger partial charge on any atom is 0.509 e. The fourth-order valence-corrected chi connectivity index (χ4v) is 204. The minimum Gasteiger partial charge on any atom is -0.511 e. The molecule has 0 amide bonds. The Balaban J connectivity index is 2.04. The van der Waals surface area contributed by atoms with Gasteiger partial charge in [-0.2, -0.15) is 0 Å². The second kappa shape index (κ2) is 22.7. The normalized spacial score (nSPS) is 33.6. The Kier molecular flexibility index (Phi) is 22.9. The molecular weight excluding hydrogens is 1120 g/mol. The van der Waals surface area contributed by atoms with Crippen molar-refractivity contribution in [3.8, 4) is 0 Å². The van der Waals surface area contributed by atoms with E-state index in [9.17, 15) is 19.8 Å². The van der Waals surface area contributed by atoms with Crippen molar-refractivity contribution in [2.75, 3.05) is 7.11 Å².